The van der Waals surface area contributed by atoms with Gasteiger partial charge in [0.15, 0.2) is 0 Å². The highest BCUT2D eigenvalue weighted by atomic mass is 35.5. The summed E-state index contributed by atoms with van der Waals surface area (Å²) in [5, 5.41) is 0.753. The molecule has 0 radical (unpaired) electrons. The van der Waals surface area contributed by atoms with Crippen molar-refractivity contribution in [3.63, 3.8) is 0 Å². The predicted octanol–water partition coefficient (Wildman–Crippen LogP) is 5.28. The fourth-order valence-electron chi connectivity index (χ4n) is 3.66. The lowest BCUT2D eigenvalue weighted by Gasteiger charge is -2.30. The maximum atomic E-state index is 13.4. The molecular weight excluding hydrogens is 335 g/mol. The topological polar surface area (TPSA) is 8.17 Å². The van der Waals surface area contributed by atoms with Crippen molar-refractivity contribution < 1.29 is 4.39 Å². The zero-order valence-corrected chi connectivity index (χ0v) is 14.7. The fraction of sp³-hybridized carbons (Fsp3) is 0.238. The molecule has 0 saturated heterocycles. The van der Waals surface area contributed by atoms with Gasteiger partial charge in [0.1, 0.15) is 5.82 Å². The molecular formula is C21H20ClFN2. The fourth-order valence-corrected chi connectivity index (χ4v) is 3.79. The molecule has 1 aliphatic rings. The van der Waals surface area contributed by atoms with Crippen LogP contribution in [0.25, 0.3) is 0 Å². The Hall–Kier alpha value is -2.10. The van der Waals surface area contributed by atoms with Crippen LogP contribution in [0, 0.1) is 5.82 Å². The zero-order chi connectivity index (χ0) is 17.2. The number of hydrogen-bond donors (Lipinski definition) is 0. The lowest BCUT2D eigenvalue weighted by atomic mass is 10.0. The molecule has 1 atom stereocenters. The van der Waals surface area contributed by atoms with E-state index in [1.807, 2.05) is 24.3 Å². The Morgan fingerprint density at radius 3 is 2.48 bits per heavy atom. The summed E-state index contributed by atoms with van der Waals surface area (Å²) in [6.45, 7) is 2.84. The van der Waals surface area contributed by atoms with Gasteiger partial charge in [-0.2, -0.15) is 0 Å². The number of aromatic nitrogens is 1. The Labute approximate surface area is 152 Å². The van der Waals surface area contributed by atoms with Gasteiger partial charge in [0, 0.05) is 36.5 Å². The van der Waals surface area contributed by atoms with Crippen molar-refractivity contribution in [2.24, 2.45) is 0 Å². The predicted molar refractivity (Wildman–Crippen MR) is 99.2 cm³/mol. The van der Waals surface area contributed by atoms with E-state index in [4.69, 9.17) is 11.6 Å². The number of benzene rings is 2. The second-order valence-corrected chi connectivity index (χ2v) is 6.97. The van der Waals surface area contributed by atoms with Crippen molar-refractivity contribution in [2.45, 2.75) is 25.6 Å². The number of nitrogens with zero attached hydrogens (tertiary/aromatic N) is 2. The molecule has 2 nitrogen and oxygen atoms in total. The van der Waals surface area contributed by atoms with Crippen LogP contribution in [0.1, 0.15) is 29.3 Å². The third-order valence-corrected chi connectivity index (χ3v) is 5.09. The average Bonchev–Trinajstić information content (AvgIpc) is 3.00. The van der Waals surface area contributed by atoms with Gasteiger partial charge in [0.25, 0.3) is 0 Å². The largest absolute Gasteiger partial charge is 0.350 e. The summed E-state index contributed by atoms with van der Waals surface area (Å²) < 4.78 is 15.7. The number of halogens is 2. The van der Waals surface area contributed by atoms with E-state index in [2.05, 4.69) is 39.9 Å². The molecule has 0 unspecified atom stereocenters. The van der Waals surface area contributed by atoms with Crippen molar-refractivity contribution in [3.8, 4) is 0 Å². The molecule has 1 aliphatic heterocycles. The lowest BCUT2D eigenvalue weighted by molar-refractivity contribution is 0.220. The van der Waals surface area contributed by atoms with Gasteiger partial charge in [-0.1, -0.05) is 35.9 Å². The first-order valence-corrected chi connectivity index (χ1v) is 8.97. The Morgan fingerprint density at radius 1 is 0.960 bits per heavy atom. The Morgan fingerprint density at radius 2 is 1.72 bits per heavy atom. The van der Waals surface area contributed by atoms with E-state index in [9.17, 15) is 4.39 Å². The molecule has 0 aliphatic carbocycles. The smallest absolute Gasteiger partial charge is 0.123 e. The van der Waals surface area contributed by atoms with Crippen LogP contribution in [0.15, 0.2) is 66.9 Å². The van der Waals surface area contributed by atoms with Crippen LogP contribution in [0.2, 0.25) is 5.02 Å². The van der Waals surface area contributed by atoms with Gasteiger partial charge >= 0.3 is 0 Å². The first-order valence-electron chi connectivity index (χ1n) is 8.60. The van der Waals surface area contributed by atoms with Crippen LogP contribution in [0.3, 0.4) is 0 Å². The summed E-state index contributed by atoms with van der Waals surface area (Å²) in [6.07, 6.45) is 3.23. The molecule has 4 rings (SSSR count). The molecule has 0 spiro atoms. The zero-order valence-electron chi connectivity index (χ0n) is 13.9. The highest BCUT2D eigenvalue weighted by molar-refractivity contribution is 6.30. The van der Waals surface area contributed by atoms with E-state index in [-0.39, 0.29) is 11.9 Å². The van der Waals surface area contributed by atoms with E-state index in [1.165, 1.54) is 11.3 Å². The van der Waals surface area contributed by atoms with Gasteiger partial charge in [-0.05, 0) is 53.9 Å². The van der Waals surface area contributed by atoms with Gasteiger partial charge in [-0.25, -0.2) is 4.39 Å². The normalized spacial score (nSPS) is 17.9. The van der Waals surface area contributed by atoms with Gasteiger partial charge < -0.3 is 4.57 Å². The third kappa shape index (κ3) is 3.48. The summed E-state index contributed by atoms with van der Waals surface area (Å²) in [5.74, 6) is -0.197. The molecule has 2 heterocycles. The van der Waals surface area contributed by atoms with E-state index in [1.54, 1.807) is 12.1 Å². The molecule has 128 valence electrons. The number of rotatable bonds is 3. The Kier molecular flexibility index (Phi) is 4.60. The van der Waals surface area contributed by atoms with Crippen LogP contribution in [0.5, 0.6) is 0 Å². The molecule has 25 heavy (non-hydrogen) atoms. The van der Waals surface area contributed by atoms with Crippen LogP contribution in [0.4, 0.5) is 4.39 Å². The van der Waals surface area contributed by atoms with Crippen LogP contribution in [-0.2, 0) is 13.1 Å². The van der Waals surface area contributed by atoms with Gasteiger partial charge in [0.2, 0.25) is 0 Å². The summed E-state index contributed by atoms with van der Waals surface area (Å²) in [5.41, 5.74) is 3.62. The van der Waals surface area contributed by atoms with Gasteiger partial charge in [-0.15, -0.1) is 0 Å². The third-order valence-electron chi connectivity index (χ3n) is 4.84. The molecule has 0 saturated carbocycles. The highest BCUT2D eigenvalue weighted by Gasteiger charge is 2.27. The minimum atomic E-state index is -0.197. The number of hydrogen-bond acceptors (Lipinski definition) is 1. The number of aryl methyl sites for hydroxylation is 1. The van der Waals surface area contributed by atoms with E-state index in [0.717, 1.165) is 36.6 Å². The molecule has 0 N–H and O–H groups in total. The van der Waals surface area contributed by atoms with E-state index in [0.29, 0.717) is 0 Å². The first kappa shape index (κ1) is 16.4. The van der Waals surface area contributed by atoms with Crippen molar-refractivity contribution in [1.29, 1.82) is 0 Å². The summed E-state index contributed by atoms with van der Waals surface area (Å²) in [6, 6.07) is 19.3. The quantitative estimate of drug-likeness (QED) is 0.621. The molecule has 3 aromatic rings. The SMILES string of the molecule is Fc1ccc([C@H]2c3cccn3CCCN2Cc2ccc(Cl)cc2)cc1. The van der Waals surface area contributed by atoms with Crippen molar-refractivity contribution in [1.82, 2.24) is 9.47 Å². The standard InChI is InChI=1S/C21H20ClFN2/c22-18-8-4-16(5-9-18)15-25-14-2-13-24-12-1-3-20(24)21(25)17-6-10-19(23)11-7-17/h1,3-12,21H,2,13-15H2/t21-/m0/s1. The molecule has 0 amide bonds. The lowest BCUT2D eigenvalue weighted by Crippen LogP contribution is -2.29. The van der Waals surface area contributed by atoms with Crippen LogP contribution in [-0.4, -0.2) is 16.0 Å². The van der Waals surface area contributed by atoms with Crippen molar-refractivity contribution in [2.75, 3.05) is 6.54 Å². The Bertz CT molecular complexity index is 839. The van der Waals surface area contributed by atoms with Crippen molar-refractivity contribution in [3.05, 3.63) is 94.5 Å². The summed E-state index contributed by atoms with van der Waals surface area (Å²) in [7, 11) is 0. The van der Waals surface area contributed by atoms with Crippen LogP contribution >= 0.6 is 11.6 Å². The van der Waals surface area contributed by atoms with Crippen LogP contribution < -0.4 is 0 Å². The monoisotopic (exact) mass is 354 g/mol. The van der Waals surface area contributed by atoms with Gasteiger partial charge in [0.05, 0.1) is 6.04 Å². The maximum Gasteiger partial charge on any atom is 0.123 e. The molecule has 4 heteroatoms. The average molecular weight is 355 g/mol. The van der Waals surface area contributed by atoms with E-state index < -0.39 is 0 Å². The van der Waals surface area contributed by atoms with Crippen molar-refractivity contribution >= 4 is 11.6 Å². The molecule has 1 aromatic heterocycles. The minimum Gasteiger partial charge on any atom is -0.350 e. The molecule has 0 bridgehead atoms. The second kappa shape index (κ2) is 7.03. The molecule has 2 aromatic carbocycles. The first-order chi connectivity index (χ1) is 12.2. The van der Waals surface area contributed by atoms with Gasteiger partial charge in [-0.3, -0.25) is 4.90 Å². The summed E-state index contributed by atoms with van der Waals surface area (Å²) in [4.78, 5) is 2.47. The highest BCUT2D eigenvalue weighted by Crippen LogP contribution is 2.33. The Balaban J connectivity index is 1.72. The molecule has 0 fully saturated rings. The maximum absolute atomic E-state index is 13.4. The summed E-state index contributed by atoms with van der Waals surface area (Å²) >= 11 is 6.02. The minimum absolute atomic E-state index is 0.119. The number of fused-ring (bicyclic) bond motifs is 1. The second-order valence-electron chi connectivity index (χ2n) is 6.53. The van der Waals surface area contributed by atoms with E-state index >= 15 is 0 Å².